The van der Waals surface area contributed by atoms with Crippen molar-refractivity contribution in [2.45, 2.75) is 25.1 Å². The molecule has 0 bridgehead atoms. The van der Waals surface area contributed by atoms with Gasteiger partial charge in [0.15, 0.2) is 0 Å². The number of aliphatic hydroxyl groups is 1. The Morgan fingerprint density at radius 3 is 3.11 bits per heavy atom. The molecule has 19 heavy (non-hydrogen) atoms. The average Bonchev–Trinajstić information content (AvgIpc) is 2.96. The molecule has 1 saturated heterocycles. The maximum Gasteiger partial charge on any atom is 0.306 e. The van der Waals surface area contributed by atoms with E-state index in [0.717, 1.165) is 6.20 Å². The number of hydrogen-bond acceptors (Lipinski definition) is 6. The van der Waals surface area contributed by atoms with Crippen LogP contribution < -0.4 is 10.6 Å². The van der Waals surface area contributed by atoms with Gasteiger partial charge in [-0.25, -0.2) is 0 Å². The second-order valence-corrected chi connectivity index (χ2v) is 4.44. The summed E-state index contributed by atoms with van der Waals surface area (Å²) < 4.78 is 1.32. The van der Waals surface area contributed by atoms with Crippen LogP contribution in [0.4, 0.5) is 5.69 Å². The van der Waals surface area contributed by atoms with E-state index in [9.17, 15) is 20.0 Å². The molecule has 0 aliphatic carbocycles. The first-order valence-corrected chi connectivity index (χ1v) is 5.89. The van der Waals surface area contributed by atoms with E-state index in [4.69, 9.17) is 0 Å². The number of aliphatic hydroxyl groups excluding tert-OH is 1. The van der Waals surface area contributed by atoms with Gasteiger partial charge in [-0.15, -0.1) is 0 Å². The Morgan fingerprint density at radius 2 is 2.53 bits per heavy atom. The van der Waals surface area contributed by atoms with E-state index >= 15 is 0 Å². The van der Waals surface area contributed by atoms with Gasteiger partial charge < -0.3 is 15.7 Å². The molecule has 0 radical (unpaired) electrons. The first-order chi connectivity index (χ1) is 9.04. The fourth-order valence-corrected chi connectivity index (χ4v) is 1.88. The number of nitrogens with one attached hydrogen (secondary N) is 2. The van der Waals surface area contributed by atoms with Crippen molar-refractivity contribution in [2.24, 2.45) is 0 Å². The number of rotatable bonds is 6. The fourth-order valence-electron chi connectivity index (χ4n) is 1.88. The molecule has 2 heterocycles. The van der Waals surface area contributed by atoms with Crippen LogP contribution in [0.15, 0.2) is 12.4 Å². The Balaban J connectivity index is 1.75. The number of hydrogen-bond donors (Lipinski definition) is 3. The summed E-state index contributed by atoms with van der Waals surface area (Å²) in [6.07, 6.45) is 2.08. The smallest absolute Gasteiger partial charge is 0.306 e. The first kappa shape index (κ1) is 13.4. The van der Waals surface area contributed by atoms with Crippen LogP contribution in [0.1, 0.15) is 6.42 Å². The lowest BCUT2D eigenvalue weighted by molar-refractivity contribution is -0.385. The van der Waals surface area contributed by atoms with Crippen molar-refractivity contribution in [1.82, 2.24) is 20.4 Å². The summed E-state index contributed by atoms with van der Waals surface area (Å²) >= 11 is 0. The quantitative estimate of drug-likeness (QED) is 0.432. The van der Waals surface area contributed by atoms with Crippen molar-refractivity contribution in [3.8, 4) is 0 Å². The molecule has 1 amide bonds. The molecule has 3 N–H and O–H groups in total. The van der Waals surface area contributed by atoms with Gasteiger partial charge in [0.1, 0.15) is 12.4 Å². The van der Waals surface area contributed by atoms with E-state index in [1.54, 1.807) is 0 Å². The number of carbonyl (C=O) groups excluding carboxylic acids is 1. The Morgan fingerprint density at radius 1 is 1.74 bits per heavy atom. The van der Waals surface area contributed by atoms with Crippen LogP contribution in [0.25, 0.3) is 0 Å². The molecule has 1 aliphatic heterocycles. The van der Waals surface area contributed by atoms with Gasteiger partial charge in [0.25, 0.3) is 0 Å². The third kappa shape index (κ3) is 3.73. The second kappa shape index (κ2) is 5.76. The number of amides is 1. The zero-order valence-electron chi connectivity index (χ0n) is 10.2. The third-order valence-corrected chi connectivity index (χ3v) is 2.85. The molecule has 9 heteroatoms. The molecule has 2 unspecified atom stereocenters. The molecule has 1 fully saturated rings. The summed E-state index contributed by atoms with van der Waals surface area (Å²) in [5, 5.41) is 29.8. The van der Waals surface area contributed by atoms with Crippen LogP contribution in [0.5, 0.6) is 0 Å². The topological polar surface area (TPSA) is 122 Å². The van der Waals surface area contributed by atoms with Crippen molar-refractivity contribution in [2.75, 3.05) is 13.1 Å². The summed E-state index contributed by atoms with van der Waals surface area (Å²) in [6.45, 7) is 1.01. The number of nitro groups is 1. The zero-order chi connectivity index (χ0) is 13.8. The highest BCUT2D eigenvalue weighted by Crippen LogP contribution is 2.08. The Bertz CT molecular complexity index is 474. The lowest BCUT2D eigenvalue weighted by Crippen LogP contribution is -2.38. The van der Waals surface area contributed by atoms with Gasteiger partial charge in [-0.2, -0.15) is 5.10 Å². The monoisotopic (exact) mass is 269 g/mol. The SMILES string of the molecule is O=C1CC(NCC(O)Cn2cc([N+](=O)[O-])cn2)CN1. The molecule has 1 aromatic heterocycles. The van der Waals surface area contributed by atoms with Crippen molar-refractivity contribution in [1.29, 1.82) is 0 Å². The first-order valence-electron chi connectivity index (χ1n) is 5.89. The molecule has 2 atom stereocenters. The summed E-state index contributed by atoms with van der Waals surface area (Å²) in [5.74, 6) is -0.00492. The Kier molecular flexibility index (Phi) is 4.07. The van der Waals surface area contributed by atoms with Gasteiger partial charge in [-0.05, 0) is 0 Å². The molecule has 0 saturated carbocycles. The van der Waals surface area contributed by atoms with E-state index < -0.39 is 11.0 Å². The molecule has 2 rings (SSSR count). The zero-order valence-corrected chi connectivity index (χ0v) is 10.2. The summed E-state index contributed by atoms with van der Waals surface area (Å²) in [4.78, 5) is 20.9. The van der Waals surface area contributed by atoms with Gasteiger partial charge in [-0.1, -0.05) is 0 Å². The van der Waals surface area contributed by atoms with Crippen molar-refractivity contribution >= 4 is 11.6 Å². The lowest BCUT2D eigenvalue weighted by atomic mass is 10.2. The number of nitrogens with zero attached hydrogens (tertiary/aromatic N) is 3. The predicted molar refractivity (Wildman–Crippen MR) is 64.3 cm³/mol. The van der Waals surface area contributed by atoms with Gasteiger partial charge in [-0.3, -0.25) is 19.6 Å². The normalized spacial score (nSPS) is 20.3. The van der Waals surface area contributed by atoms with E-state index in [0.29, 0.717) is 19.5 Å². The highest BCUT2D eigenvalue weighted by atomic mass is 16.6. The minimum absolute atomic E-state index is 0.00492. The highest BCUT2D eigenvalue weighted by Gasteiger charge is 2.21. The second-order valence-electron chi connectivity index (χ2n) is 4.44. The van der Waals surface area contributed by atoms with E-state index in [1.807, 2.05) is 0 Å². The van der Waals surface area contributed by atoms with Gasteiger partial charge >= 0.3 is 5.69 Å². The Labute approximate surface area is 108 Å². The van der Waals surface area contributed by atoms with Gasteiger partial charge in [0, 0.05) is 25.6 Å². The number of carbonyl (C=O) groups is 1. The average molecular weight is 269 g/mol. The van der Waals surface area contributed by atoms with E-state index in [-0.39, 0.29) is 24.2 Å². The molecule has 0 aromatic carbocycles. The van der Waals surface area contributed by atoms with Gasteiger partial charge in [0.2, 0.25) is 5.91 Å². The van der Waals surface area contributed by atoms with Crippen LogP contribution in [0, 0.1) is 10.1 Å². The van der Waals surface area contributed by atoms with Crippen molar-refractivity contribution < 1.29 is 14.8 Å². The minimum Gasteiger partial charge on any atom is -0.390 e. The molecular formula is C10H15N5O4. The van der Waals surface area contributed by atoms with Crippen LogP contribution in [-0.2, 0) is 11.3 Å². The molecule has 0 spiro atoms. The summed E-state index contributed by atoms with van der Waals surface area (Å²) in [6, 6.07) is 0.0223. The number of aromatic nitrogens is 2. The minimum atomic E-state index is -0.727. The molecular weight excluding hydrogens is 254 g/mol. The Hall–Kier alpha value is -2.00. The maximum atomic E-state index is 11.0. The van der Waals surface area contributed by atoms with Crippen LogP contribution in [0.3, 0.4) is 0 Å². The maximum absolute atomic E-state index is 11.0. The molecule has 104 valence electrons. The predicted octanol–water partition coefficient (Wildman–Crippen LogP) is -1.37. The fraction of sp³-hybridized carbons (Fsp3) is 0.600. The highest BCUT2D eigenvalue weighted by molar-refractivity contribution is 5.78. The van der Waals surface area contributed by atoms with Crippen LogP contribution >= 0.6 is 0 Å². The third-order valence-electron chi connectivity index (χ3n) is 2.85. The molecule has 9 nitrogen and oxygen atoms in total. The van der Waals surface area contributed by atoms with Gasteiger partial charge in [0.05, 0.1) is 17.6 Å². The lowest BCUT2D eigenvalue weighted by Gasteiger charge is -2.14. The van der Waals surface area contributed by atoms with E-state index in [2.05, 4.69) is 15.7 Å². The van der Waals surface area contributed by atoms with Crippen LogP contribution in [-0.4, -0.2) is 51.0 Å². The molecule has 1 aliphatic rings. The van der Waals surface area contributed by atoms with Crippen molar-refractivity contribution in [3.05, 3.63) is 22.5 Å². The van der Waals surface area contributed by atoms with Crippen molar-refractivity contribution in [3.63, 3.8) is 0 Å². The van der Waals surface area contributed by atoms with E-state index in [1.165, 1.54) is 10.9 Å². The standard InChI is InChI=1S/C10H15N5O4/c16-9(4-11-7-1-10(17)12-2-7)6-14-5-8(3-13-14)15(18)19/h3,5,7,9,11,16H,1-2,4,6H2,(H,12,17). The largest absolute Gasteiger partial charge is 0.390 e. The molecule has 1 aromatic rings. The van der Waals surface area contributed by atoms with Crippen LogP contribution in [0.2, 0.25) is 0 Å². The summed E-state index contributed by atoms with van der Waals surface area (Å²) in [7, 11) is 0. The summed E-state index contributed by atoms with van der Waals surface area (Å²) in [5.41, 5.74) is -0.106.